The van der Waals surface area contributed by atoms with Gasteiger partial charge in [0.25, 0.3) is 0 Å². The highest BCUT2D eigenvalue weighted by atomic mass is 16.4. The van der Waals surface area contributed by atoms with Crippen molar-refractivity contribution in [2.45, 2.75) is 31.6 Å². The minimum atomic E-state index is -0.771. The zero-order valence-corrected chi connectivity index (χ0v) is 9.60. The van der Waals surface area contributed by atoms with E-state index in [4.69, 9.17) is 5.26 Å². The fourth-order valence-corrected chi connectivity index (χ4v) is 2.71. The zero-order valence-electron chi connectivity index (χ0n) is 9.60. The van der Waals surface area contributed by atoms with Gasteiger partial charge in [0.1, 0.15) is 0 Å². The highest BCUT2D eigenvalue weighted by Crippen LogP contribution is 2.37. The molecule has 0 aliphatic heterocycles. The van der Waals surface area contributed by atoms with Crippen LogP contribution in [0.25, 0.3) is 0 Å². The topological polar surface area (TPSA) is 61.1 Å². The third-order valence-electron chi connectivity index (χ3n) is 3.51. The molecule has 1 aromatic rings. The molecule has 0 radical (unpaired) electrons. The van der Waals surface area contributed by atoms with Crippen molar-refractivity contribution in [3.8, 4) is 6.07 Å². The van der Waals surface area contributed by atoms with E-state index in [2.05, 4.69) is 6.07 Å². The maximum atomic E-state index is 11.4. The Kier molecular flexibility index (Phi) is 3.43. The number of hydrogen-bond acceptors (Lipinski definition) is 2. The Balaban J connectivity index is 2.32. The maximum Gasteiger partial charge on any atom is 0.311 e. The molecule has 1 unspecified atom stereocenters. The van der Waals surface area contributed by atoms with Crippen LogP contribution in [-0.2, 0) is 4.79 Å². The summed E-state index contributed by atoms with van der Waals surface area (Å²) in [6.07, 6.45) is 4.19. The zero-order chi connectivity index (χ0) is 12.3. The second-order valence-corrected chi connectivity index (χ2v) is 4.60. The SMILES string of the molecule is N#Cc1cccc(C(C(=O)O)C2CCCC2)c1. The normalized spacial score (nSPS) is 17.6. The number of aliphatic carboxylic acids is 1. The first-order chi connectivity index (χ1) is 8.22. The van der Waals surface area contributed by atoms with Gasteiger partial charge in [0.15, 0.2) is 0 Å². The van der Waals surface area contributed by atoms with Crippen molar-refractivity contribution in [2.24, 2.45) is 5.92 Å². The Morgan fingerprint density at radius 2 is 2.12 bits per heavy atom. The molecule has 88 valence electrons. The number of carboxylic acid groups (broad SMARTS) is 1. The van der Waals surface area contributed by atoms with E-state index < -0.39 is 11.9 Å². The van der Waals surface area contributed by atoms with Gasteiger partial charge in [-0.3, -0.25) is 4.79 Å². The summed E-state index contributed by atoms with van der Waals surface area (Å²) in [6, 6.07) is 9.05. The van der Waals surface area contributed by atoms with Crippen molar-refractivity contribution < 1.29 is 9.90 Å². The average Bonchev–Trinajstić information content (AvgIpc) is 2.83. The summed E-state index contributed by atoms with van der Waals surface area (Å²) >= 11 is 0. The molecule has 17 heavy (non-hydrogen) atoms. The smallest absolute Gasteiger partial charge is 0.311 e. The summed E-state index contributed by atoms with van der Waals surface area (Å²) in [6.45, 7) is 0. The maximum absolute atomic E-state index is 11.4. The van der Waals surface area contributed by atoms with Crippen molar-refractivity contribution in [1.82, 2.24) is 0 Å². The first-order valence-corrected chi connectivity index (χ1v) is 5.95. The number of carbonyl (C=O) groups is 1. The molecule has 0 spiro atoms. The van der Waals surface area contributed by atoms with Gasteiger partial charge in [-0.25, -0.2) is 0 Å². The molecule has 3 heteroatoms. The minimum absolute atomic E-state index is 0.224. The summed E-state index contributed by atoms with van der Waals surface area (Å²) in [5.41, 5.74) is 1.30. The van der Waals surface area contributed by atoms with Crippen LogP contribution in [0.5, 0.6) is 0 Å². The summed E-state index contributed by atoms with van der Waals surface area (Å²) in [4.78, 5) is 11.4. The predicted octanol–water partition coefficient (Wildman–Crippen LogP) is 2.92. The Morgan fingerprint density at radius 1 is 1.41 bits per heavy atom. The minimum Gasteiger partial charge on any atom is -0.481 e. The molecule has 1 saturated carbocycles. The van der Waals surface area contributed by atoms with Crippen LogP contribution in [-0.4, -0.2) is 11.1 Å². The summed E-state index contributed by atoms with van der Waals surface area (Å²) in [7, 11) is 0. The van der Waals surface area contributed by atoms with E-state index in [0.717, 1.165) is 31.2 Å². The van der Waals surface area contributed by atoms with Crippen molar-refractivity contribution in [3.05, 3.63) is 35.4 Å². The lowest BCUT2D eigenvalue weighted by Gasteiger charge is -2.19. The molecule has 0 saturated heterocycles. The highest BCUT2D eigenvalue weighted by Gasteiger charge is 2.31. The molecule has 1 aliphatic rings. The predicted molar refractivity (Wildman–Crippen MR) is 63.5 cm³/mol. The van der Waals surface area contributed by atoms with Gasteiger partial charge in [-0.2, -0.15) is 5.26 Å². The van der Waals surface area contributed by atoms with E-state index in [-0.39, 0.29) is 5.92 Å². The van der Waals surface area contributed by atoms with Crippen LogP contribution < -0.4 is 0 Å². The van der Waals surface area contributed by atoms with Gasteiger partial charge in [-0.15, -0.1) is 0 Å². The van der Waals surface area contributed by atoms with Crippen LogP contribution in [0.2, 0.25) is 0 Å². The van der Waals surface area contributed by atoms with Crippen LogP contribution in [0.1, 0.15) is 42.7 Å². The van der Waals surface area contributed by atoms with E-state index in [1.54, 1.807) is 18.2 Å². The molecule has 1 atom stereocenters. The van der Waals surface area contributed by atoms with E-state index >= 15 is 0 Å². The second kappa shape index (κ2) is 5.01. The van der Waals surface area contributed by atoms with Crippen LogP contribution >= 0.6 is 0 Å². The number of carboxylic acids is 1. The van der Waals surface area contributed by atoms with Gasteiger partial charge in [-0.05, 0) is 36.5 Å². The van der Waals surface area contributed by atoms with Crippen LogP contribution in [0.3, 0.4) is 0 Å². The Bertz CT molecular complexity index is 456. The quantitative estimate of drug-likeness (QED) is 0.866. The van der Waals surface area contributed by atoms with Gasteiger partial charge < -0.3 is 5.11 Å². The molecule has 0 bridgehead atoms. The third-order valence-corrected chi connectivity index (χ3v) is 3.51. The van der Waals surface area contributed by atoms with Crippen molar-refractivity contribution >= 4 is 5.97 Å². The number of nitriles is 1. The van der Waals surface area contributed by atoms with E-state index in [1.807, 2.05) is 6.07 Å². The fraction of sp³-hybridized carbons (Fsp3) is 0.429. The largest absolute Gasteiger partial charge is 0.481 e. The lowest BCUT2D eigenvalue weighted by molar-refractivity contribution is -0.140. The van der Waals surface area contributed by atoms with Crippen molar-refractivity contribution in [1.29, 1.82) is 5.26 Å². The third kappa shape index (κ3) is 2.47. The van der Waals surface area contributed by atoms with Crippen molar-refractivity contribution in [2.75, 3.05) is 0 Å². The van der Waals surface area contributed by atoms with E-state index in [0.29, 0.717) is 5.56 Å². The molecule has 2 rings (SSSR count). The van der Waals surface area contributed by atoms with Crippen LogP contribution in [0.15, 0.2) is 24.3 Å². The molecule has 3 nitrogen and oxygen atoms in total. The van der Waals surface area contributed by atoms with Gasteiger partial charge in [0, 0.05) is 0 Å². The average molecular weight is 229 g/mol. The van der Waals surface area contributed by atoms with Gasteiger partial charge in [0.2, 0.25) is 0 Å². The monoisotopic (exact) mass is 229 g/mol. The fourth-order valence-electron chi connectivity index (χ4n) is 2.71. The molecule has 1 aliphatic carbocycles. The number of nitrogens with zero attached hydrogens (tertiary/aromatic N) is 1. The Morgan fingerprint density at radius 3 is 2.71 bits per heavy atom. The first kappa shape index (κ1) is 11.7. The number of benzene rings is 1. The lowest BCUT2D eigenvalue weighted by Crippen LogP contribution is -2.19. The standard InChI is InChI=1S/C14H15NO2/c15-9-10-4-3-7-12(8-10)13(14(16)17)11-5-1-2-6-11/h3-4,7-8,11,13H,1-2,5-6H2,(H,16,17). The molecular formula is C14H15NO2. The molecule has 1 fully saturated rings. The Labute approximate surface area is 101 Å². The van der Waals surface area contributed by atoms with Crippen molar-refractivity contribution in [3.63, 3.8) is 0 Å². The number of rotatable bonds is 3. The van der Waals surface area contributed by atoms with E-state index in [1.165, 1.54) is 0 Å². The summed E-state index contributed by atoms with van der Waals surface area (Å²) < 4.78 is 0. The second-order valence-electron chi connectivity index (χ2n) is 4.60. The summed E-state index contributed by atoms with van der Waals surface area (Å²) in [5.74, 6) is -1.00. The van der Waals surface area contributed by atoms with Crippen LogP contribution in [0.4, 0.5) is 0 Å². The first-order valence-electron chi connectivity index (χ1n) is 5.95. The van der Waals surface area contributed by atoms with Crippen LogP contribution in [0, 0.1) is 17.2 Å². The molecule has 0 aromatic heterocycles. The molecule has 0 amide bonds. The summed E-state index contributed by atoms with van der Waals surface area (Å²) in [5, 5.41) is 18.2. The highest BCUT2D eigenvalue weighted by molar-refractivity contribution is 5.76. The molecule has 1 aromatic carbocycles. The molecule has 1 N–H and O–H groups in total. The lowest BCUT2D eigenvalue weighted by atomic mass is 9.84. The Hall–Kier alpha value is -1.82. The van der Waals surface area contributed by atoms with Gasteiger partial charge >= 0.3 is 5.97 Å². The van der Waals surface area contributed by atoms with Gasteiger partial charge in [-0.1, -0.05) is 25.0 Å². The number of hydrogen-bond donors (Lipinski definition) is 1. The van der Waals surface area contributed by atoms with Gasteiger partial charge in [0.05, 0.1) is 17.6 Å². The molecular weight excluding hydrogens is 214 g/mol. The molecule has 0 heterocycles. The van der Waals surface area contributed by atoms with E-state index in [9.17, 15) is 9.90 Å².